The molecule has 1 heterocycles. The highest BCUT2D eigenvalue weighted by molar-refractivity contribution is 6.25. The van der Waals surface area contributed by atoms with Crippen molar-refractivity contribution in [3.05, 3.63) is 194 Å². The Bertz CT molecular complexity index is 3780. The van der Waals surface area contributed by atoms with Gasteiger partial charge in [-0.25, -0.2) is 0 Å². The van der Waals surface area contributed by atoms with E-state index in [2.05, 4.69) is 0 Å². The monoisotopic (exact) mass is 667 g/mol. The van der Waals surface area contributed by atoms with E-state index in [0.717, 1.165) is 0 Å². The van der Waals surface area contributed by atoms with Crippen LogP contribution in [0, 0.1) is 0 Å². The molecule has 0 spiro atoms. The molecule has 0 radical (unpaired) electrons. The maximum atomic E-state index is 9.93. The molecule has 9 aromatic carbocycles. The number of rotatable bonds is 5. The first-order valence-corrected chi connectivity index (χ1v) is 16.0. The van der Waals surface area contributed by atoms with Gasteiger partial charge >= 0.3 is 0 Å². The van der Waals surface area contributed by atoms with Crippen LogP contribution in [0.2, 0.25) is 0 Å². The van der Waals surface area contributed by atoms with Gasteiger partial charge in [0.1, 0.15) is 11.2 Å². The molecule has 0 aliphatic heterocycles. The fourth-order valence-electron chi connectivity index (χ4n) is 6.65. The van der Waals surface area contributed by atoms with Gasteiger partial charge in [-0.1, -0.05) is 157 Å². The molecule has 0 fully saturated rings. The van der Waals surface area contributed by atoms with Crippen molar-refractivity contribution in [2.75, 3.05) is 0 Å². The summed E-state index contributed by atoms with van der Waals surface area (Å²) in [7, 11) is 0. The summed E-state index contributed by atoms with van der Waals surface area (Å²) in [5.41, 5.74) is -2.09. The standard InChI is InChI=1S/C50H32O/c1-4-15-33(16-5-1)36-27-28-44-47(32-36)51-46-26-14-25-45(50(44)46)49-42-23-12-10-21-40(42)48(41-22-11-13-24-43(41)49)39-30-37(34-17-6-2-7-18-34)29-38(31-39)35-19-8-3-9-20-35/h1-32H/i2D,3D,6D,7D,8D,9D,14D,17D,18D,19D,20D,25D,26D,27D,28D,29D,30D,31D,32D. The van der Waals surface area contributed by atoms with Crippen molar-refractivity contribution >= 4 is 43.5 Å². The molecule has 1 heteroatoms. The smallest absolute Gasteiger partial charge is 0.136 e. The molecular formula is C50H32O. The second-order valence-electron chi connectivity index (χ2n) is 11.7. The zero-order chi connectivity index (χ0) is 50.3. The second kappa shape index (κ2) is 12.0. The maximum absolute atomic E-state index is 9.93. The molecule has 1 nitrogen and oxygen atoms in total. The largest absolute Gasteiger partial charge is 0.456 e. The minimum atomic E-state index is -0.809. The number of hydrogen-bond acceptors (Lipinski definition) is 1. The number of fused-ring (bicyclic) bond motifs is 5. The van der Waals surface area contributed by atoms with Crippen molar-refractivity contribution in [3.63, 3.8) is 0 Å². The highest BCUT2D eigenvalue weighted by Gasteiger charge is 2.21. The van der Waals surface area contributed by atoms with Crippen molar-refractivity contribution in [1.82, 2.24) is 0 Å². The summed E-state index contributed by atoms with van der Waals surface area (Å²) in [6, 6.07) is 9.31. The molecule has 0 N–H and O–H groups in total. The SMILES string of the molecule is [2H]c1c([2H])c([2H])c(-c2c([2H])c(-c3c([2H])c([2H])c([2H])c([2H])c3[2H])c([2H])c(-c3c4ccccc4c(-c4c([2H])c([2H])c([2H])c5oc6c([2H])c(-c7ccccc7)c([2H])c([2H])c6c45)c4ccccc34)c2[2H])c([2H])c1[2H]. The fraction of sp³-hybridized carbons (Fsp3) is 0. The second-order valence-corrected chi connectivity index (χ2v) is 11.7. The number of hydrogen-bond donors (Lipinski definition) is 0. The predicted molar refractivity (Wildman–Crippen MR) is 216 cm³/mol. The summed E-state index contributed by atoms with van der Waals surface area (Å²) in [6.45, 7) is 0. The van der Waals surface area contributed by atoms with Crippen molar-refractivity contribution < 1.29 is 30.5 Å². The molecule has 10 rings (SSSR count). The highest BCUT2D eigenvalue weighted by atomic mass is 16.3. The van der Waals surface area contributed by atoms with Crippen LogP contribution in [0.5, 0.6) is 0 Å². The third kappa shape index (κ3) is 4.94. The Hall–Kier alpha value is -6.70. The molecule has 51 heavy (non-hydrogen) atoms. The molecule has 0 aliphatic rings. The van der Waals surface area contributed by atoms with Gasteiger partial charge < -0.3 is 4.42 Å². The van der Waals surface area contributed by atoms with Crippen LogP contribution in [0.15, 0.2) is 198 Å². The van der Waals surface area contributed by atoms with E-state index in [0.29, 0.717) is 16.3 Å². The normalized spacial score (nSPS) is 16.7. The predicted octanol–water partition coefficient (Wildman–Crippen LogP) is 14.2. The quantitative estimate of drug-likeness (QED) is 0.167. The maximum Gasteiger partial charge on any atom is 0.136 e. The van der Waals surface area contributed by atoms with E-state index >= 15 is 0 Å². The first-order valence-electron chi connectivity index (χ1n) is 25.5. The van der Waals surface area contributed by atoms with Crippen LogP contribution in [-0.4, -0.2) is 0 Å². The Morgan fingerprint density at radius 3 is 1.49 bits per heavy atom. The van der Waals surface area contributed by atoms with E-state index in [1.54, 1.807) is 78.9 Å². The Labute approximate surface area is 323 Å². The van der Waals surface area contributed by atoms with E-state index < -0.39 is 119 Å². The van der Waals surface area contributed by atoms with Crippen LogP contribution in [0.4, 0.5) is 0 Å². The summed E-state index contributed by atoms with van der Waals surface area (Å²) in [5, 5.41) is 1.12. The van der Waals surface area contributed by atoms with Crippen LogP contribution in [-0.2, 0) is 0 Å². The van der Waals surface area contributed by atoms with Crippen molar-refractivity contribution in [2.24, 2.45) is 0 Å². The lowest BCUT2D eigenvalue weighted by atomic mass is 9.83. The Balaban J connectivity index is 1.42. The molecule has 1 aromatic heterocycles. The van der Waals surface area contributed by atoms with Gasteiger partial charge in [-0.05, 0) is 113 Å². The molecule has 0 amide bonds. The van der Waals surface area contributed by atoms with E-state index in [-0.39, 0.29) is 78.7 Å². The summed E-state index contributed by atoms with van der Waals surface area (Å²) in [5.74, 6) is 0. The van der Waals surface area contributed by atoms with Gasteiger partial charge in [-0.15, -0.1) is 0 Å². The molecule has 10 aromatic rings. The number of benzene rings is 9. The van der Waals surface area contributed by atoms with E-state index in [4.69, 9.17) is 20.9 Å². The molecule has 0 bridgehead atoms. The minimum Gasteiger partial charge on any atom is -0.456 e. The van der Waals surface area contributed by atoms with Gasteiger partial charge in [0.05, 0.1) is 26.0 Å². The molecular weight excluding hydrogens is 617 g/mol. The van der Waals surface area contributed by atoms with Gasteiger partial charge in [0.2, 0.25) is 0 Å². The molecule has 0 aliphatic carbocycles. The Morgan fingerprint density at radius 2 is 0.882 bits per heavy atom. The van der Waals surface area contributed by atoms with Crippen molar-refractivity contribution in [1.29, 1.82) is 0 Å². The van der Waals surface area contributed by atoms with Crippen LogP contribution in [0.3, 0.4) is 0 Å². The lowest BCUT2D eigenvalue weighted by Crippen LogP contribution is -1.92. The van der Waals surface area contributed by atoms with Crippen LogP contribution in [0.1, 0.15) is 26.0 Å². The van der Waals surface area contributed by atoms with Crippen molar-refractivity contribution in [2.45, 2.75) is 0 Å². The average molecular weight is 668 g/mol. The molecule has 0 unspecified atom stereocenters. The van der Waals surface area contributed by atoms with Gasteiger partial charge in [0.25, 0.3) is 0 Å². The summed E-state index contributed by atoms with van der Waals surface area (Å²) in [6.07, 6.45) is 0. The third-order valence-corrected chi connectivity index (χ3v) is 8.82. The van der Waals surface area contributed by atoms with Gasteiger partial charge in [0.15, 0.2) is 0 Å². The lowest BCUT2D eigenvalue weighted by Gasteiger charge is -2.19. The van der Waals surface area contributed by atoms with Crippen LogP contribution in [0.25, 0.3) is 99.1 Å². The van der Waals surface area contributed by atoms with Gasteiger partial charge in [-0.3, -0.25) is 0 Å². The topological polar surface area (TPSA) is 13.1 Å². The molecule has 238 valence electrons. The lowest BCUT2D eigenvalue weighted by molar-refractivity contribution is 0.669. The van der Waals surface area contributed by atoms with E-state index in [1.165, 1.54) is 0 Å². The molecule has 0 saturated carbocycles. The Morgan fingerprint density at radius 1 is 0.333 bits per heavy atom. The van der Waals surface area contributed by atoms with Gasteiger partial charge in [0, 0.05) is 10.8 Å². The van der Waals surface area contributed by atoms with Crippen molar-refractivity contribution in [3.8, 4) is 55.6 Å². The van der Waals surface area contributed by atoms with Gasteiger partial charge in [-0.2, -0.15) is 0 Å². The summed E-state index contributed by atoms with van der Waals surface area (Å²) >= 11 is 0. The minimum absolute atomic E-state index is 0.00630. The third-order valence-electron chi connectivity index (χ3n) is 8.82. The van der Waals surface area contributed by atoms with Crippen LogP contribution < -0.4 is 0 Å². The first-order chi connectivity index (χ1) is 33.2. The molecule has 0 saturated heterocycles. The zero-order valence-electron chi connectivity index (χ0n) is 45.4. The number of furan rings is 1. The highest BCUT2D eigenvalue weighted by Crippen LogP contribution is 2.48. The van der Waals surface area contributed by atoms with E-state index in [9.17, 15) is 9.60 Å². The zero-order valence-corrected chi connectivity index (χ0v) is 26.4. The van der Waals surface area contributed by atoms with E-state index in [1.807, 2.05) is 0 Å². The molecule has 0 atom stereocenters. The Kier molecular flexibility index (Phi) is 3.74. The van der Waals surface area contributed by atoms with Crippen LogP contribution >= 0.6 is 0 Å². The summed E-state index contributed by atoms with van der Waals surface area (Å²) < 4.78 is 178. The first kappa shape index (κ1) is 15.9. The summed E-state index contributed by atoms with van der Waals surface area (Å²) in [4.78, 5) is 0. The fourth-order valence-corrected chi connectivity index (χ4v) is 6.65. The average Bonchev–Trinajstić information content (AvgIpc) is 3.76.